The lowest BCUT2D eigenvalue weighted by Crippen LogP contribution is -2.06. The van der Waals surface area contributed by atoms with E-state index in [2.05, 4.69) is 20.8 Å². The van der Waals surface area contributed by atoms with Crippen LogP contribution in [0.1, 0.15) is 40.0 Å². The highest BCUT2D eigenvalue weighted by Gasteiger charge is 1.94. The molecule has 0 aliphatic rings. The third-order valence-corrected chi connectivity index (χ3v) is 1.48. The second-order valence-electron chi connectivity index (χ2n) is 3.15. The summed E-state index contributed by atoms with van der Waals surface area (Å²) in [5, 5.41) is 0. The first-order valence-electron chi connectivity index (χ1n) is 4.83. The van der Waals surface area contributed by atoms with Crippen molar-refractivity contribution in [1.29, 1.82) is 0 Å². The monoisotopic (exact) mass is 225 g/mol. The summed E-state index contributed by atoms with van der Waals surface area (Å²) in [7, 11) is -3.92. The van der Waals surface area contributed by atoms with Gasteiger partial charge in [0.05, 0.1) is 16.2 Å². The summed E-state index contributed by atoms with van der Waals surface area (Å²) in [6, 6.07) is 0. The molecule has 0 spiro atoms. The van der Waals surface area contributed by atoms with E-state index in [0.717, 1.165) is 13.0 Å². The fraction of sp³-hybridized carbons (Fsp3) is 1.00. The van der Waals surface area contributed by atoms with Crippen LogP contribution in [0.4, 0.5) is 0 Å². The molecular formula is C9H21O4S-. The van der Waals surface area contributed by atoms with Crippen LogP contribution in [-0.4, -0.2) is 31.9 Å². The smallest absolute Gasteiger partial charge is 0.0916 e. The number of rotatable bonds is 5. The van der Waals surface area contributed by atoms with Crippen molar-refractivity contribution in [2.24, 2.45) is 0 Å². The van der Waals surface area contributed by atoms with Crippen LogP contribution in [0.5, 0.6) is 0 Å². The van der Waals surface area contributed by atoms with Crippen molar-refractivity contribution in [1.82, 2.24) is 0 Å². The highest BCUT2D eigenvalue weighted by Crippen LogP contribution is 1.97. The van der Waals surface area contributed by atoms with Crippen molar-refractivity contribution in [3.05, 3.63) is 0 Å². The Morgan fingerprint density at radius 2 is 1.79 bits per heavy atom. The fourth-order valence-electron chi connectivity index (χ4n) is 0.547. The van der Waals surface area contributed by atoms with E-state index in [4.69, 9.17) is 17.7 Å². The Morgan fingerprint density at radius 1 is 1.36 bits per heavy atom. The van der Waals surface area contributed by atoms with Crippen LogP contribution in [0.3, 0.4) is 0 Å². The van der Waals surface area contributed by atoms with Crippen LogP contribution in [0.15, 0.2) is 0 Å². The topological polar surface area (TPSA) is 66.4 Å². The zero-order valence-corrected chi connectivity index (χ0v) is 10.3. The summed E-state index contributed by atoms with van der Waals surface area (Å²) in [5.74, 6) is 0. The highest BCUT2D eigenvalue weighted by atomic mass is 32.2. The molecule has 1 atom stereocenters. The molecule has 0 amide bonds. The Labute approximate surface area is 87.4 Å². The maximum Gasteiger partial charge on any atom is 0.0916 e. The minimum absolute atomic E-state index is 0.455. The summed E-state index contributed by atoms with van der Waals surface area (Å²) < 4.78 is 32.7. The van der Waals surface area contributed by atoms with Gasteiger partial charge in [-0.15, -0.1) is 0 Å². The molecule has 0 aliphatic heterocycles. The van der Waals surface area contributed by atoms with Crippen molar-refractivity contribution in [3.63, 3.8) is 0 Å². The lowest BCUT2D eigenvalue weighted by Gasteiger charge is -2.08. The van der Waals surface area contributed by atoms with Crippen LogP contribution in [0.2, 0.25) is 0 Å². The van der Waals surface area contributed by atoms with E-state index in [1.54, 1.807) is 0 Å². The van der Waals surface area contributed by atoms with Gasteiger partial charge in [0.1, 0.15) is 0 Å². The van der Waals surface area contributed by atoms with E-state index in [1.165, 1.54) is 12.8 Å². The third kappa shape index (κ3) is 29.7. The average molecular weight is 225 g/mol. The normalized spacial score (nSPS) is 12.9. The predicted octanol–water partition coefficient (Wildman–Crippen LogP) is 1.76. The van der Waals surface area contributed by atoms with E-state index in [1.807, 2.05) is 0 Å². The van der Waals surface area contributed by atoms with Gasteiger partial charge in [-0.25, -0.2) is 8.42 Å². The number of unbranched alkanes of at least 4 members (excludes halogenated alkanes) is 1. The molecule has 0 radical (unpaired) electrons. The predicted molar refractivity (Wildman–Crippen MR) is 56.2 cm³/mol. The van der Waals surface area contributed by atoms with Gasteiger partial charge in [-0.2, -0.15) is 0 Å². The van der Waals surface area contributed by atoms with Crippen LogP contribution in [-0.2, 0) is 14.9 Å². The van der Waals surface area contributed by atoms with Gasteiger partial charge >= 0.3 is 0 Å². The standard InChI is InChI=1S/C8H18O.CH4O3S/c1-4-6-7-9-8(3)5-2;1-5(2,3)4/h8H,4-7H2,1-3H3;1H3,(H,2,3,4)/p-1. The zero-order chi connectivity index (χ0) is 11.6. The quantitative estimate of drug-likeness (QED) is 0.528. The summed E-state index contributed by atoms with van der Waals surface area (Å²) >= 11 is 0. The summed E-state index contributed by atoms with van der Waals surface area (Å²) in [4.78, 5) is 0. The van der Waals surface area contributed by atoms with Crippen LogP contribution in [0.25, 0.3) is 0 Å². The molecule has 0 heterocycles. The Hall–Kier alpha value is -0.130. The largest absolute Gasteiger partial charge is 0.748 e. The molecule has 1 unspecified atom stereocenters. The van der Waals surface area contributed by atoms with Crippen LogP contribution < -0.4 is 0 Å². The van der Waals surface area contributed by atoms with Gasteiger partial charge in [-0.1, -0.05) is 20.3 Å². The van der Waals surface area contributed by atoms with Crippen molar-refractivity contribution in [3.8, 4) is 0 Å². The fourth-order valence-corrected chi connectivity index (χ4v) is 0.547. The van der Waals surface area contributed by atoms with Crippen molar-refractivity contribution in [2.75, 3.05) is 12.9 Å². The molecule has 0 aromatic heterocycles. The summed E-state index contributed by atoms with van der Waals surface area (Å²) in [6.07, 6.45) is 4.62. The Balaban J connectivity index is 0. The van der Waals surface area contributed by atoms with E-state index in [-0.39, 0.29) is 0 Å². The number of hydrogen-bond acceptors (Lipinski definition) is 4. The lowest BCUT2D eigenvalue weighted by molar-refractivity contribution is 0.0617. The third-order valence-electron chi connectivity index (χ3n) is 1.48. The molecule has 88 valence electrons. The lowest BCUT2D eigenvalue weighted by atomic mass is 10.3. The minimum Gasteiger partial charge on any atom is -0.748 e. The van der Waals surface area contributed by atoms with Gasteiger partial charge in [0.25, 0.3) is 0 Å². The number of hydrogen-bond donors (Lipinski definition) is 0. The van der Waals surface area contributed by atoms with Crippen LogP contribution >= 0.6 is 0 Å². The molecule has 4 nitrogen and oxygen atoms in total. The Bertz CT molecular complexity index is 191. The molecule has 14 heavy (non-hydrogen) atoms. The molecule has 0 aromatic rings. The molecule has 0 bridgehead atoms. The second-order valence-corrected chi connectivity index (χ2v) is 4.56. The Morgan fingerprint density at radius 3 is 2.07 bits per heavy atom. The molecular weight excluding hydrogens is 204 g/mol. The van der Waals surface area contributed by atoms with E-state index in [9.17, 15) is 0 Å². The van der Waals surface area contributed by atoms with E-state index < -0.39 is 10.1 Å². The van der Waals surface area contributed by atoms with Crippen LogP contribution in [0, 0.1) is 0 Å². The van der Waals surface area contributed by atoms with Crippen molar-refractivity contribution < 1.29 is 17.7 Å². The average Bonchev–Trinajstić information content (AvgIpc) is 2.01. The molecule has 0 fully saturated rings. The van der Waals surface area contributed by atoms with E-state index in [0.29, 0.717) is 12.4 Å². The SMILES string of the molecule is CCCCOC(C)CC.CS(=O)(=O)[O-]. The van der Waals surface area contributed by atoms with Crippen molar-refractivity contribution in [2.45, 2.75) is 46.1 Å². The number of ether oxygens (including phenoxy) is 1. The first-order chi connectivity index (χ1) is 6.31. The molecule has 0 rings (SSSR count). The van der Waals surface area contributed by atoms with Gasteiger partial charge in [0, 0.05) is 12.9 Å². The molecule has 5 heteroatoms. The van der Waals surface area contributed by atoms with Gasteiger partial charge < -0.3 is 9.29 Å². The maximum absolute atomic E-state index is 9.08. The second kappa shape index (κ2) is 9.43. The van der Waals surface area contributed by atoms with Gasteiger partial charge in [0.2, 0.25) is 0 Å². The first-order valence-corrected chi connectivity index (χ1v) is 6.65. The first kappa shape index (κ1) is 16.3. The minimum atomic E-state index is -3.92. The highest BCUT2D eigenvalue weighted by molar-refractivity contribution is 7.84. The molecule has 0 aromatic carbocycles. The summed E-state index contributed by atoms with van der Waals surface area (Å²) in [6.45, 7) is 7.39. The van der Waals surface area contributed by atoms with Gasteiger partial charge in [-0.05, 0) is 19.8 Å². The Kier molecular flexibility index (Phi) is 11.0. The van der Waals surface area contributed by atoms with Gasteiger partial charge in [-0.3, -0.25) is 0 Å². The maximum atomic E-state index is 9.08. The molecule has 0 saturated carbocycles. The molecule has 0 saturated heterocycles. The van der Waals surface area contributed by atoms with Crippen molar-refractivity contribution >= 4 is 10.1 Å². The molecule has 0 aliphatic carbocycles. The zero-order valence-electron chi connectivity index (χ0n) is 9.45. The van der Waals surface area contributed by atoms with E-state index >= 15 is 0 Å². The molecule has 0 N–H and O–H groups in total. The summed E-state index contributed by atoms with van der Waals surface area (Å²) in [5.41, 5.74) is 0. The van der Waals surface area contributed by atoms with Gasteiger partial charge in [0.15, 0.2) is 0 Å².